The summed E-state index contributed by atoms with van der Waals surface area (Å²) in [5.41, 5.74) is 0.618. The van der Waals surface area contributed by atoms with Crippen molar-refractivity contribution in [1.82, 2.24) is 5.32 Å². The number of aliphatic hydroxyl groups excluding tert-OH is 2. The summed E-state index contributed by atoms with van der Waals surface area (Å²) in [4.78, 5) is 11.2. The van der Waals surface area contributed by atoms with Crippen LogP contribution in [0.2, 0.25) is 0 Å². The summed E-state index contributed by atoms with van der Waals surface area (Å²) in [5.74, 6) is 0.413. The molecule has 0 spiro atoms. The van der Waals surface area contributed by atoms with Gasteiger partial charge in [0.25, 0.3) is 0 Å². The average molecular weight is 380 g/mol. The Morgan fingerprint density at radius 2 is 1.70 bits per heavy atom. The summed E-state index contributed by atoms with van der Waals surface area (Å²) in [6.45, 7) is 3.93. The second-order valence-corrected chi connectivity index (χ2v) is 7.18. The lowest BCUT2D eigenvalue weighted by Gasteiger charge is -2.22. The van der Waals surface area contributed by atoms with Gasteiger partial charge in [-0.05, 0) is 24.1 Å². The zero-order valence-corrected chi connectivity index (χ0v) is 17.0. The molecule has 0 heterocycles. The second kappa shape index (κ2) is 14.5. The van der Waals surface area contributed by atoms with Crippen LogP contribution in [-0.2, 0) is 4.79 Å². The zero-order chi connectivity index (χ0) is 19.9. The molecule has 0 aliphatic heterocycles. The lowest BCUT2D eigenvalue weighted by atomic mass is 10.0. The number of benzene rings is 1. The van der Waals surface area contributed by atoms with Gasteiger partial charge in [-0.3, -0.25) is 4.79 Å². The smallest absolute Gasteiger partial charge is 0.217 e. The fourth-order valence-corrected chi connectivity index (χ4v) is 3.11. The largest absolute Gasteiger partial charge is 0.494 e. The predicted octanol–water partition coefficient (Wildman–Crippen LogP) is 4.13. The Hall–Kier alpha value is -1.59. The van der Waals surface area contributed by atoms with E-state index in [0.717, 1.165) is 6.42 Å². The van der Waals surface area contributed by atoms with Gasteiger partial charge in [0.1, 0.15) is 11.9 Å². The van der Waals surface area contributed by atoms with Crippen molar-refractivity contribution in [3.63, 3.8) is 0 Å². The summed E-state index contributed by atoms with van der Waals surface area (Å²) >= 11 is 0. The fourth-order valence-electron chi connectivity index (χ4n) is 3.11. The monoisotopic (exact) mass is 379 g/mol. The highest BCUT2D eigenvalue weighted by Gasteiger charge is 2.21. The van der Waals surface area contributed by atoms with Crippen molar-refractivity contribution >= 4 is 5.91 Å². The van der Waals surface area contributed by atoms with Crippen molar-refractivity contribution in [2.24, 2.45) is 0 Å². The van der Waals surface area contributed by atoms with Crippen LogP contribution in [-0.4, -0.2) is 35.4 Å². The van der Waals surface area contributed by atoms with Crippen molar-refractivity contribution in [2.45, 2.75) is 83.8 Å². The van der Waals surface area contributed by atoms with Gasteiger partial charge < -0.3 is 20.3 Å². The highest BCUT2D eigenvalue weighted by molar-refractivity contribution is 5.73. The van der Waals surface area contributed by atoms with E-state index in [1.807, 2.05) is 12.1 Å². The Balaban J connectivity index is 2.28. The van der Waals surface area contributed by atoms with Crippen molar-refractivity contribution in [2.75, 3.05) is 13.2 Å². The lowest BCUT2D eigenvalue weighted by molar-refractivity contribution is -0.121. The summed E-state index contributed by atoms with van der Waals surface area (Å²) in [7, 11) is 0. The summed E-state index contributed by atoms with van der Waals surface area (Å²) < 4.78 is 5.79. The van der Waals surface area contributed by atoms with Crippen LogP contribution in [0.15, 0.2) is 24.3 Å². The van der Waals surface area contributed by atoms with Gasteiger partial charge in [0, 0.05) is 6.92 Å². The van der Waals surface area contributed by atoms with Gasteiger partial charge in [0.05, 0.1) is 19.3 Å². The van der Waals surface area contributed by atoms with Gasteiger partial charge in [-0.15, -0.1) is 0 Å². The molecule has 2 unspecified atom stereocenters. The van der Waals surface area contributed by atoms with Crippen molar-refractivity contribution in [3.05, 3.63) is 29.8 Å². The van der Waals surface area contributed by atoms with E-state index in [0.29, 0.717) is 17.9 Å². The van der Waals surface area contributed by atoms with Crippen molar-refractivity contribution in [3.8, 4) is 5.75 Å². The molecule has 1 aromatic rings. The van der Waals surface area contributed by atoms with E-state index in [-0.39, 0.29) is 12.5 Å². The van der Waals surface area contributed by atoms with Crippen molar-refractivity contribution in [1.29, 1.82) is 0 Å². The fraction of sp³-hybridized carbons (Fsp3) is 0.682. The number of ether oxygens (including phenoxy) is 1. The number of carbonyl (C=O) groups is 1. The molecule has 0 saturated carbocycles. The maximum atomic E-state index is 11.2. The zero-order valence-electron chi connectivity index (χ0n) is 17.0. The van der Waals surface area contributed by atoms with E-state index in [1.54, 1.807) is 12.1 Å². The first kappa shape index (κ1) is 23.4. The lowest BCUT2D eigenvalue weighted by Crippen LogP contribution is -2.40. The van der Waals surface area contributed by atoms with Crippen LogP contribution >= 0.6 is 0 Å². The first-order valence-electron chi connectivity index (χ1n) is 10.4. The molecule has 1 aromatic carbocycles. The molecule has 0 saturated heterocycles. The van der Waals surface area contributed by atoms with Gasteiger partial charge in [-0.1, -0.05) is 70.4 Å². The van der Waals surface area contributed by atoms with Gasteiger partial charge in [-0.2, -0.15) is 0 Å². The van der Waals surface area contributed by atoms with Crippen LogP contribution in [0.3, 0.4) is 0 Å². The first-order valence-corrected chi connectivity index (χ1v) is 10.4. The summed E-state index contributed by atoms with van der Waals surface area (Å²) in [5, 5.41) is 22.3. The number of carbonyl (C=O) groups excluding carboxylic acids is 1. The van der Waals surface area contributed by atoms with Gasteiger partial charge in [-0.25, -0.2) is 0 Å². The quantitative estimate of drug-likeness (QED) is 0.400. The minimum absolute atomic E-state index is 0.286. The Labute approximate surface area is 164 Å². The molecule has 1 amide bonds. The van der Waals surface area contributed by atoms with E-state index in [2.05, 4.69) is 12.2 Å². The van der Waals surface area contributed by atoms with E-state index >= 15 is 0 Å². The standard InChI is InChI=1S/C22H37NO4/c1-3-4-5-6-7-8-9-10-11-15-27-20-14-12-13-19(16-20)22(26)21(17-24)23-18(2)25/h12-14,16,21-22,24,26H,3-11,15,17H2,1-2H3,(H,23,25). The Kier molecular flexibility index (Phi) is 12.6. The number of unbranched alkanes of at least 4 members (excludes halogenated alkanes) is 8. The number of hydrogen-bond acceptors (Lipinski definition) is 4. The topological polar surface area (TPSA) is 78.8 Å². The summed E-state index contributed by atoms with van der Waals surface area (Å²) in [6, 6.07) is 6.47. The predicted molar refractivity (Wildman–Crippen MR) is 109 cm³/mol. The third-order valence-electron chi connectivity index (χ3n) is 4.68. The Morgan fingerprint density at radius 3 is 2.30 bits per heavy atom. The molecule has 5 heteroatoms. The minimum atomic E-state index is -0.977. The SMILES string of the molecule is CCCCCCCCCCCOc1cccc(C(O)C(CO)NC(C)=O)c1. The molecule has 0 fully saturated rings. The molecule has 1 rings (SSSR count). The maximum absolute atomic E-state index is 11.2. The van der Waals surface area contributed by atoms with E-state index in [1.165, 1.54) is 58.3 Å². The number of aliphatic hydroxyl groups is 2. The van der Waals surface area contributed by atoms with Gasteiger partial charge in [0.15, 0.2) is 0 Å². The molecule has 0 aliphatic carbocycles. The minimum Gasteiger partial charge on any atom is -0.494 e. The molecule has 0 aliphatic rings. The molecule has 27 heavy (non-hydrogen) atoms. The molecule has 0 radical (unpaired) electrons. The van der Waals surface area contributed by atoms with Gasteiger partial charge >= 0.3 is 0 Å². The molecule has 154 valence electrons. The first-order chi connectivity index (χ1) is 13.1. The molecular formula is C22H37NO4. The third-order valence-corrected chi connectivity index (χ3v) is 4.68. The van der Waals surface area contributed by atoms with Crippen LogP contribution in [0, 0.1) is 0 Å². The maximum Gasteiger partial charge on any atom is 0.217 e. The molecule has 2 atom stereocenters. The number of hydrogen-bond donors (Lipinski definition) is 3. The van der Waals surface area contributed by atoms with Crippen LogP contribution in [0.5, 0.6) is 5.75 Å². The van der Waals surface area contributed by atoms with E-state index in [4.69, 9.17) is 4.74 Å². The van der Waals surface area contributed by atoms with Crippen molar-refractivity contribution < 1.29 is 19.7 Å². The van der Waals surface area contributed by atoms with E-state index in [9.17, 15) is 15.0 Å². The second-order valence-electron chi connectivity index (χ2n) is 7.18. The normalized spacial score (nSPS) is 13.2. The third kappa shape index (κ3) is 10.4. The highest BCUT2D eigenvalue weighted by atomic mass is 16.5. The molecule has 0 bridgehead atoms. The summed E-state index contributed by atoms with van der Waals surface area (Å²) in [6.07, 6.45) is 10.5. The number of amides is 1. The number of nitrogens with one attached hydrogen (secondary N) is 1. The van der Waals surface area contributed by atoms with Crippen LogP contribution in [0.1, 0.15) is 83.3 Å². The highest BCUT2D eigenvalue weighted by Crippen LogP contribution is 2.22. The van der Waals surface area contributed by atoms with Gasteiger partial charge in [0.2, 0.25) is 5.91 Å². The van der Waals surface area contributed by atoms with Crippen LogP contribution in [0.4, 0.5) is 0 Å². The van der Waals surface area contributed by atoms with E-state index < -0.39 is 12.1 Å². The molecule has 0 aromatic heterocycles. The Bertz CT molecular complexity index is 521. The molecular weight excluding hydrogens is 342 g/mol. The molecule has 5 nitrogen and oxygen atoms in total. The molecule has 3 N–H and O–H groups in total. The Morgan fingerprint density at radius 1 is 1.07 bits per heavy atom. The number of rotatable bonds is 15. The van der Waals surface area contributed by atoms with Crippen LogP contribution in [0.25, 0.3) is 0 Å². The van der Waals surface area contributed by atoms with Crippen LogP contribution < -0.4 is 10.1 Å². The average Bonchev–Trinajstić information content (AvgIpc) is 2.67.